The van der Waals surface area contributed by atoms with E-state index in [0.29, 0.717) is 72.0 Å². The molecule has 3 aliphatic rings. The largest absolute Gasteiger partial charge is 0.496 e. The summed E-state index contributed by atoms with van der Waals surface area (Å²) in [6.45, 7) is 1.95. The van der Waals surface area contributed by atoms with Gasteiger partial charge in [0.15, 0.2) is 0 Å². The molecule has 1 unspecified atom stereocenters. The number of carbonyl (C=O) groups is 3. The number of hydrogen-bond donors (Lipinski definition) is 2. The van der Waals surface area contributed by atoms with Gasteiger partial charge in [0, 0.05) is 99.3 Å². The summed E-state index contributed by atoms with van der Waals surface area (Å²) in [4.78, 5) is 55.5. The summed E-state index contributed by atoms with van der Waals surface area (Å²) in [5.41, 5.74) is 0.265. The fourth-order valence-electron chi connectivity index (χ4n) is 8.45. The van der Waals surface area contributed by atoms with Gasteiger partial charge in [0.05, 0.1) is 12.7 Å². The number of aromatic nitrogens is 1. The van der Waals surface area contributed by atoms with Crippen molar-refractivity contribution in [3.05, 3.63) is 87.8 Å². The SMILES string of the molecule is COc1cc(-c2cn(C)c(=O)c3ccc(F)cc23)cc(F)c1CN1CCC(N(C)C(=O)C2CCN(c3ccc(NC4CCC(=O)NC4=O)cc3C(F)(F)F)CC2)CC1. The van der Waals surface area contributed by atoms with Gasteiger partial charge < -0.3 is 24.4 Å². The first-order valence-corrected chi connectivity index (χ1v) is 19.3. The minimum Gasteiger partial charge on any atom is -0.496 e. The van der Waals surface area contributed by atoms with E-state index >= 15 is 4.39 Å². The second-order valence-corrected chi connectivity index (χ2v) is 15.4. The van der Waals surface area contributed by atoms with Crippen molar-refractivity contribution in [1.29, 1.82) is 0 Å². The van der Waals surface area contributed by atoms with E-state index in [1.165, 1.54) is 48.1 Å². The molecule has 4 aromatic rings. The first-order valence-electron chi connectivity index (χ1n) is 19.3. The maximum absolute atomic E-state index is 15.9. The van der Waals surface area contributed by atoms with Gasteiger partial charge >= 0.3 is 6.18 Å². The van der Waals surface area contributed by atoms with Gasteiger partial charge in [-0.05, 0) is 91.6 Å². The predicted molar refractivity (Wildman–Crippen MR) is 208 cm³/mol. The van der Waals surface area contributed by atoms with Gasteiger partial charge in [-0.25, -0.2) is 8.78 Å². The first kappa shape index (κ1) is 40.7. The molecular weight excluding hydrogens is 763 g/mol. The van der Waals surface area contributed by atoms with Crippen molar-refractivity contribution in [3.63, 3.8) is 0 Å². The van der Waals surface area contributed by atoms with E-state index in [1.54, 1.807) is 36.2 Å². The highest BCUT2D eigenvalue weighted by atomic mass is 19.4. The lowest BCUT2D eigenvalue weighted by atomic mass is 9.92. The number of rotatable bonds is 9. The van der Waals surface area contributed by atoms with Gasteiger partial charge in [0.25, 0.3) is 5.56 Å². The second kappa shape index (κ2) is 16.4. The number of pyridine rings is 1. The average molecular weight is 809 g/mol. The molecule has 0 saturated carbocycles. The topological polar surface area (TPSA) is 116 Å². The van der Waals surface area contributed by atoms with Crippen molar-refractivity contribution in [2.45, 2.75) is 63.3 Å². The number of piperidine rings is 3. The van der Waals surface area contributed by atoms with Crippen LogP contribution >= 0.6 is 0 Å². The predicted octanol–water partition coefficient (Wildman–Crippen LogP) is 6.07. The summed E-state index contributed by atoms with van der Waals surface area (Å²) in [6.07, 6.45) is -0.782. The maximum Gasteiger partial charge on any atom is 0.418 e. The van der Waals surface area contributed by atoms with Crippen molar-refractivity contribution in [2.75, 3.05) is 50.6 Å². The number of nitrogens with zero attached hydrogens (tertiary/aromatic N) is 4. The van der Waals surface area contributed by atoms with Crippen molar-refractivity contribution in [1.82, 2.24) is 19.7 Å². The highest BCUT2D eigenvalue weighted by Gasteiger charge is 2.38. The zero-order chi connectivity index (χ0) is 41.5. The van der Waals surface area contributed by atoms with Gasteiger partial charge in [-0.2, -0.15) is 13.2 Å². The molecular formula is C42H45F5N6O5. The number of aryl methyl sites for hydroxylation is 1. The van der Waals surface area contributed by atoms with Crippen molar-refractivity contribution >= 4 is 39.9 Å². The molecule has 4 heterocycles. The Labute approximate surface area is 331 Å². The lowest BCUT2D eigenvalue weighted by Crippen LogP contribution is -2.49. The third-order valence-corrected chi connectivity index (χ3v) is 11.7. The first-order chi connectivity index (χ1) is 27.6. The van der Waals surface area contributed by atoms with Gasteiger partial charge in [0.1, 0.15) is 23.4 Å². The number of nitrogens with one attached hydrogen (secondary N) is 2. The minimum atomic E-state index is -4.67. The Balaban J connectivity index is 0.954. The van der Waals surface area contributed by atoms with Crippen molar-refractivity contribution in [3.8, 4) is 16.9 Å². The van der Waals surface area contributed by atoms with Crippen LogP contribution in [0.25, 0.3) is 21.9 Å². The zero-order valence-electron chi connectivity index (χ0n) is 32.4. The summed E-state index contributed by atoms with van der Waals surface area (Å²) in [5.74, 6) is -2.10. The van der Waals surface area contributed by atoms with E-state index in [4.69, 9.17) is 4.74 Å². The molecule has 3 aromatic carbocycles. The van der Waals surface area contributed by atoms with Crippen LogP contribution in [0.5, 0.6) is 5.75 Å². The lowest BCUT2D eigenvalue weighted by molar-refractivity contribution is -0.139. The van der Waals surface area contributed by atoms with Crippen LogP contribution in [0.1, 0.15) is 49.7 Å². The Morgan fingerprint density at radius 1 is 0.931 bits per heavy atom. The van der Waals surface area contributed by atoms with E-state index in [2.05, 4.69) is 15.5 Å². The fraction of sp³-hybridized carbons (Fsp3) is 0.429. The summed E-state index contributed by atoms with van der Waals surface area (Å²) in [5, 5.41) is 5.69. The molecule has 0 spiro atoms. The number of methoxy groups -OCH3 is 1. The van der Waals surface area contributed by atoms with Crippen LogP contribution in [0.2, 0.25) is 0 Å². The van der Waals surface area contributed by atoms with Crippen LogP contribution in [0.15, 0.2) is 59.5 Å². The van der Waals surface area contributed by atoms with E-state index in [1.807, 2.05) is 0 Å². The molecule has 58 heavy (non-hydrogen) atoms. The van der Waals surface area contributed by atoms with E-state index in [0.717, 1.165) is 6.07 Å². The summed E-state index contributed by atoms with van der Waals surface area (Å²) < 4.78 is 80.0. The molecule has 308 valence electrons. The lowest BCUT2D eigenvalue weighted by Gasteiger charge is -2.40. The Kier molecular flexibility index (Phi) is 11.5. The molecule has 1 atom stereocenters. The number of benzene rings is 3. The molecule has 3 fully saturated rings. The molecule has 3 aliphatic heterocycles. The number of ether oxygens (including phenoxy) is 1. The van der Waals surface area contributed by atoms with Gasteiger partial charge in [-0.15, -0.1) is 0 Å². The number of hydrogen-bond acceptors (Lipinski definition) is 8. The highest BCUT2D eigenvalue weighted by molar-refractivity contribution is 6.01. The number of likely N-dealkylation sites (tertiary alicyclic amines) is 1. The molecule has 7 rings (SSSR count). The number of anilines is 2. The molecule has 3 saturated heterocycles. The second-order valence-electron chi connectivity index (χ2n) is 15.4. The summed E-state index contributed by atoms with van der Waals surface area (Å²) in [6, 6.07) is 9.93. The average Bonchev–Trinajstić information content (AvgIpc) is 3.20. The Hall–Kier alpha value is -5.51. The molecule has 16 heteroatoms. The smallest absolute Gasteiger partial charge is 0.418 e. The van der Waals surface area contributed by atoms with Gasteiger partial charge in [-0.1, -0.05) is 0 Å². The van der Waals surface area contributed by atoms with Crippen LogP contribution < -0.4 is 25.8 Å². The number of carbonyl (C=O) groups excluding carboxylic acids is 3. The maximum atomic E-state index is 15.9. The zero-order valence-corrected chi connectivity index (χ0v) is 32.4. The minimum absolute atomic E-state index is 0.00606. The van der Waals surface area contributed by atoms with Crippen LogP contribution in [0, 0.1) is 17.6 Å². The third-order valence-electron chi connectivity index (χ3n) is 11.7. The standard InChI is InChI=1S/C42H45F5N6O5/c1-50-22-31(30-20-26(43)4-6-29(30)41(50)57)25-18-34(44)32(37(19-25)58-3)23-52-14-12-28(13-15-52)51(2)40(56)24-10-16-53(17-11-24)36-8-5-27(21-33(36)42(45,46)47)48-35-7-9-38(54)49-39(35)55/h4-6,8,18-22,24,28,35,48H,7,9-17,23H2,1-3H3,(H,49,54,55). The van der Waals surface area contributed by atoms with Crippen LogP contribution in [-0.4, -0.2) is 84.5 Å². The number of imide groups is 1. The van der Waals surface area contributed by atoms with Crippen LogP contribution in [0.3, 0.4) is 0 Å². The fourth-order valence-corrected chi connectivity index (χ4v) is 8.45. The normalized spacial score (nSPS) is 18.7. The summed E-state index contributed by atoms with van der Waals surface area (Å²) in [7, 11) is 4.80. The van der Waals surface area contributed by atoms with E-state index < -0.39 is 41.2 Å². The summed E-state index contributed by atoms with van der Waals surface area (Å²) >= 11 is 0. The van der Waals surface area contributed by atoms with Gasteiger partial charge in [-0.3, -0.25) is 29.4 Å². The third kappa shape index (κ3) is 8.38. The Bertz CT molecular complexity index is 2300. The number of fused-ring (bicyclic) bond motifs is 1. The van der Waals surface area contributed by atoms with Crippen molar-refractivity contribution < 1.29 is 41.1 Å². The molecule has 0 radical (unpaired) electrons. The Morgan fingerprint density at radius 2 is 1.66 bits per heavy atom. The number of amides is 3. The van der Waals surface area contributed by atoms with E-state index in [-0.39, 0.29) is 67.3 Å². The molecule has 2 N–H and O–H groups in total. The molecule has 1 aromatic heterocycles. The Morgan fingerprint density at radius 3 is 2.33 bits per heavy atom. The highest BCUT2D eigenvalue weighted by Crippen LogP contribution is 2.40. The quantitative estimate of drug-likeness (QED) is 0.155. The monoisotopic (exact) mass is 808 g/mol. The molecule has 0 aliphatic carbocycles. The van der Waals surface area contributed by atoms with Crippen LogP contribution in [-0.2, 0) is 34.2 Å². The molecule has 0 bridgehead atoms. The number of halogens is 5. The van der Waals surface area contributed by atoms with E-state index in [9.17, 15) is 36.7 Å². The molecule has 11 nitrogen and oxygen atoms in total. The number of alkyl halides is 3. The van der Waals surface area contributed by atoms with Gasteiger partial charge in [0.2, 0.25) is 17.7 Å². The molecule has 3 amide bonds. The van der Waals surface area contributed by atoms with Crippen LogP contribution in [0.4, 0.5) is 33.3 Å². The van der Waals surface area contributed by atoms with Crippen molar-refractivity contribution in [2.24, 2.45) is 13.0 Å².